The summed E-state index contributed by atoms with van der Waals surface area (Å²) in [7, 11) is 0. The van der Waals surface area contributed by atoms with Crippen LogP contribution in [-0.4, -0.2) is 24.3 Å². The zero-order valence-corrected chi connectivity index (χ0v) is 13.7. The highest BCUT2D eigenvalue weighted by Crippen LogP contribution is 2.16. The minimum atomic E-state index is -0.585. The van der Waals surface area contributed by atoms with Gasteiger partial charge < -0.3 is 10.1 Å². The largest absolute Gasteiger partial charge is 0.454 e. The molecule has 0 saturated carbocycles. The number of amides is 1. The standard InChI is InChI=1S/C17H23NO4/c1-11(2)15(20)18-13-8-6-7-12(9-13)16(21)22-10-14(19)17(3,4)5/h6-9,11H,10H2,1-5H3,(H,18,20). The Kier molecular flexibility index (Phi) is 5.85. The maximum absolute atomic E-state index is 12.0. The lowest BCUT2D eigenvalue weighted by atomic mass is 9.91. The molecule has 0 aromatic heterocycles. The Hall–Kier alpha value is -2.17. The first-order valence-electron chi connectivity index (χ1n) is 7.22. The molecule has 0 spiro atoms. The van der Waals surface area contributed by atoms with Crippen molar-refractivity contribution in [3.05, 3.63) is 29.8 Å². The molecule has 120 valence electrons. The fraction of sp³-hybridized carbons (Fsp3) is 0.471. The van der Waals surface area contributed by atoms with Gasteiger partial charge in [0.2, 0.25) is 5.91 Å². The number of benzene rings is 1. The Morgan fingerprint density at radius 1 is 1.18 bits per heavy atom. The highest BCUT2D eigenvalue weighted by molar-refractivity contribution is 5.96. The van der Waals surface area contributed by atoms with Crippen molar-refractivity contribution in [3.8, 4) is 0 Å². The third-order valence-corrected chi connectivity index (χ3v) is 3.06. The SMILES string of the molecule is CC(C)C(=O)Nc1cccc(C(=O)OCC(=O)C(C)(C)C)c1. The molecule has 1 rings (SSSR count). The topological polar surface area (TPSA) is 72.5 Å². The van der Waals surface area contributed by atoms with Crippen LogP contribution in [0.5, 0.6) is 0 Å². The van der Waals surface area contributed by atoms with E-state index in [1.54, 1.807) is 52.8 Å². The molecule has 1 amide bonds. The van der Waals surface area contributed by atoms with Crippen molar-refractivity contribution in [3.63, 3.8) is 0 Å². The van der Waals surface area contributed by atoms with Crippen LogP contribution in [-0.2, 0) is 14.3 Å². The smallest absolute Gasteiger partial charge is 0.338 e. The lowest BCUT2D eigenvalue weighted by Gasteiger charge is -2.16. The van der Waals surface area contributed by atoms with Crippen LogP contribution < -0.4 is 5.32 Å². The van der Waals surface area contributed by atoms with Crippen LogP contribution in [0.3, 0.4) is 0 Å². The maximum atomic E-state index is 12.0. The summed E-state index contributed by atoms with van der Waals surface area (Å²) < 4.78 is 5.02. The van der Waals surface area contributed by atoms with Gasteiger partial charge in [-0.3, -0.25) is 9.59 Å². The van der Waals surface area contributed by atoms with Gasteiger partial charge in [0.25, 0.3) is 0 Å². The molecular formula is C17H23NO4. The number of ketones is 1. The predicted octanol–water partition coefficient (Wildman–Crippen LogP) is 3.05. The molecule has 22 heavy (non-hydrogen) atoms. The van der Waals surface area contributed by atoms with E-state index in [4.69, 9.17) is 4.74 Å². The Balaban J connectivity index is 2.71. The number of esters is 1. The van der Waals surface area contributed by atoms with E-state index in [2.05, 4.69) is 5.32 Å². The summed E-state index contributed by atoms with van der Waals surface area (Å²) in [5.41, 5.74) is 0.270. The Morgan fingerprint density at radius 3 is 2.36 bits per heavy atom. The van der Waals surface area contributed by atoms with Gasteiger partial charge in [-0.2, -0.15) is 0 Å². The monoisotopic (exact) mass is 305 g/mol. The minimum absolute atomic E-state index is 0.131. The number of hydrogen-bond acceptors (Lipinski definition) is 4. The zero-order chi connectivity index (χ0) is 16.9. The number of anilines is 1. The van der Waals surface area contributed by atoms with Crippen molar-refractivity contribution >= 4 is 23.3 Å². The second kappa shape index (κ2) is 7.20. The number of carbonyl (C=O) groups excluding carboxylic acids is 3. The lowest BCUT2D eigenvalue weighted by molar-refractivity contribution is -0.129. The van der Waals surface area contributed by atoms with E-state index in [1.165, 1.54) is 6.07 Å². The van der Waals surface area contributed by atoms with E-state index in [0.717, 1.165) is 0 Å². The van der Waals surface area contributed by atoms with Gasteiger partial charge in [0, 0.05) is 17.0 Å². The molecule has 5 nitrogen and oxygen atoms in total. The Labute approximate surface area is 131 Å². The molecule has 1 N–H and O–H groups in total. The van der Waals surface area contributed by atoms with Gasteiger partial charge in [-0.15, -0.1) is 0 Å². The molecule has 1 aromatic rings. The van der Waals surface area contributed by atoms with Crippen LogP contribution in [0.15, 0.2) is 24.3 Å². The van der Waals surface area contributed by atoms with Gasteiger partial charge in [-0.05, 0) is 18.2 Å². The lowest BCUT2D eigenvalue weighted by Crippen LogP contribution is -2.26. The summed E-state index contributed by atoms with van der Waals surface area (Å²) >= 11 is 0. The molecular weight excluding hydrogens is 282 g/mol. The first kappa shape index (κ1) is 17.9. The molecule has 1 aromatic carbocycles. The van der Waals surface area contributed by atoms with Crippen LogP contribution in [0, 0.1) is 11.3 Å². The Bertz CT molecular complexity index is 570. The Morgan fingerprint density at radius 2 is 1.82 bits per heavy atom. The van der Waals surface area contributed by atoms with Gasteiger partial charge in [0.15, 0.2) is 12.4 Å². The van der Waals surface area contributed by atoms with E-state index in [0.29, 0.717) is 11.3 Å². The van der Waals surface area contributed by atoms with Crippen molar-refractivity contribution in [2.45, 2.75) is 34.6 Å². The van der Waals surface area contributed by atoms with E-state index >= 15 is 0 Å². The van der Waals surface area contributed by atoms with Crippen molar-refractivity contribution in [2.24, 2.45) is 11.3 Å². The van der Waals surface area contributed by atoms with E-state index in [9.17, 15) is 14.4 Å². The number of hydrogen-bond donors (Lipinski definition) is 1. The molecule has 0 unspecified atom stereocenters. The second-order valence-electron chi connectivity index (χ2n) is 6.47. The molecule has 0 radical (unpaired) electrons. The third kappa shape index (κ3) is 5.31. The minimum Gasteiger partial charge on any atom is -0.454 e. The quantitative estimate of drug-likeness (QED) is 0.849. The normalized spacial score (nSPS) is 11.2. The number of carbonyl (C=O) groups is 3. The van der Waals surface area contributed by atoms with Crippen LogP contribution in [0.25, 0.3) is 0 Å². The molecule has 0 aliphatic heterocycles. The van der Waals surface area contributed by atoms with Gasteiger partial charge in [0.05, 0.1) is 5.56 Å². The maximum Gasteiger partial charge on any atom is 0.338 e. The molecule has 0 aliphatic rings. The predicted molar refractivity (Wildman–Crippen MR) is 84.7 cm³/mol. The number of rotatable bonds is 5. The summed E-state index contributed by atoms with van der Waals surface area (Å²) in [5.74, 6) is -1.02. The van der Waals surface area contributed by atoms with Gasteiger partial charge >= 0.3 is 5.97 Å². The van der Waals surface area contributed by atoms with Crippen LogP contribution in [0.4, 0.5) is 5.69 Å². The molecule has 0 bridgehead atoms. The van der Waals surface area contributed by atoms with Crippen LogP contribution >= 0.6 is 0 Å². The number of nitrogens with one attached hydrogen (secondary N) is 1. The van der Waals surface area contributed by atoms with Crippen molar-refractivity contribution < 1.29 is 19.1 Å². The summed E-state index contributed by atoms with van der Waals surface area (Å²) in [6.07, 6.45) is 0. The first-order valence-corrected chi connectivity index (χ1v) is 7.22. The fourth-order valence-corrected chi connectivity index (χ4v) is 1.44. The molecule has 0 atom stereocenters. The molecule has 0 aliphatic carbocycles. The van der Waals surface area contributed by atoms with Crippen LogP contribution in [0.1, 0.15) is 45.0 Å². The summed E-state index contributed by atoms with van der Waals surface area (Å²) in [4.78, 5) is 35.4. The number of ether oxygens (including phenoxy) is 1. The van der Waals surface area contributed by atoms with Gasteiger partial charge in [-0.25, -0.2) is 4.79 Å². The van der Waals surface area contributed by atoms with Crippen molar-refractivity contribution in [1.29, 1.82) is 0 Å². The van der Waals surface area contributed by atoms with Crippen LogP contribution in [0.2, 0.25) is 0 Å². The van der Waals surface area contributed by atoms with Gasteiger partial charge in [0.1, 0.15) is 0 Å². The average molecular weight is 305 g/mol. The summed E-state index contributed by atoms with van der Waals surface area (Å²) in [6.45, 7) is 8.61. The van der Waals surface area contributed by atoms with E-state index in [-0.39, 0.29) is 24.2 Å². The highest BCUT2D eigenvalue weighted by Gasteiger charge is 2.22. The van der Waals surface area contributed by atoms with Gasteiger partial charge in [-0.1, -0.05) is 40.7 Å². The summed E-state index contributed by atoms with van der Waals surface area (Å²) in [6, 6.07) is 6.45. The molecule has 0 heterocycles. The van der Waals surface area contributed by atoms with Crippen molar-refractivity contribution in [2.75, 3.05) is 11.9 Å². The second-order valence-corrected chi connectivity index (χ2v) is 6.47. The third-order valence-electron chi connectivity index (χ3n) is 3.06. The zero-order valence-electron chi connectivity index (χ0n) is 13.7. The average Bonchev–Trinajstić information content (AvgIpc) is 2.43. The summed E-state index contributed by atoms with van der Waals surface area (Å²) in [5, 5.41) is 2.71. The fourth-order valence-electron chi connectivity index (χ4n) is 1.44. The molecule has 0 saturated heterocycles. The first-order chi connectivity index (χ1) is 10.1. The highest BCUT2D eigenvalue weighted by atomic mass is 16.5. The van der Waals surface area contributed by atoms with E-state index in [1.807, 2.05) is 0 Å². The van der Waals surface area contributed by atoms with E-state index < -0.39 is 11.4 Å². The van der Waals surface area contributed by atoms with Crippen molar-refractivity contribution in [1.82, 2.24) is 0 Å². The number of Topliss-reactive ketones (excluding diaryl/α,β-unsaturated/α-hetero) is 1. The molecule has 5 heteroatoms. The molecule has 0 fully saturated rings.